The van der Waals surface area contributed by atoms with Crippen molar-refractivity contribution in [1.82, 2.24) is 24.3 Å². The molecule has 2 amide bonds. The Hall–Kier alpha value is -3.26. The van der Waals surface area contributed by atoms with Gasteiger partial charge in [0, 0.05) is 73.9 Å². The van der Waals surface area contributed by atoms with Crippen LogP contribution in [0.3, 0.4) is 0 Å². The fraction of sp³-hybridized carbons (Fsp3) is 0.559. The first-order valence-electron chi connectivity index (χ1n) is 15.3. The zero-order chi connectivity index (χ0) is 30.3. The van der Waals surface area contributed by atoms with Crippen molar-refractivity contribution in [2.75, 3.05) is 20.1 Å². The highest BCUT2D eigenvalue weighted by Crippen LogP contribution is 2.63. The molecule has 1 aromatic carbocycles. The molecule has 1 saturated carbocycles. The molecule has 3 fully saturated rings. The van der Waals surface area contributed by atoms with Crippen LogP contribution in [-0.2, 0) is 11.2 Å². The molecule has 6 rings (SSSR count). The average Bonchev–Trinajstić information content (AvgIpc) is 3.38. The molecule has 2 saturated heterocycles. The molecule has 2 aliphatic heterocycles. The Morgan fingerprint density at radius 3 is 2.55 bits per heavy atom. The molecule has 0 N–H and O–H groups in total. The van der Waals surface area contributed by atoms with E-state index in [0.717, 1.165) is 48.8 Å². The first kappa shape index (κ1) is 28.8. The van der Waals surface area contributed by atoms with Gasteiger partial charge in [-0.3, -0.25) is 19.5 Å². The number of hydrogen-bond acceptors (Lipinski definition) is 4. The molecule has 0 radical (unpaired) electrons. The van der Waals surface area contributed by atoms with Gasteiger partial charge in [-0.15, -0.1) is 0 Å². The second-order valence-corrected chi connectivity index (χ2v) is 13.9. The molecule has 0 spiro atoms. The highest BCUT2D eigenvalue weighted by molar-refractivity contribution is 5.99. The molecule has 42 heavy (non-hydrogen) atoms. The zero-order valence-electron chi connectivity index (χ0n) is 26.2. The SMILES string of the molecule is CC(=O)N1[C@H](C)C2(C)CC(N3CC(Cc4cn(-c5ccc(F)cc5C(=O)N(C)C(C)C)c5cncc(C)c45)C3)C[C@@]12C. The van der Waals surface area contributed by atoms with Crippen LogP contribution in [0.15, 0.2) is 36.8 Å². The number of likely N-dealkylation sites (tertiary alicyclic amines) is 2. The fourth-order valence-electron chi connectivity index (χ4n) is 8.45. The lowest BCUT2D eigenvalue weighted by atomic mass is 9.60. The van der Waals surface area contributed by atoms with E-state index in [2.05, 4.69) is 48.7 Å². The molecular weight excluding hydrogens is 529 g/mol. The highest BCUT2D eigenvalue weighted by atomic mass is 19.1. The van der Waals surface area contributed by atoms with Gasteiger partial charge in [-0.25, -0.2) is 4.39 Å². The summed E-state index contributed by atoms with van der Waals surface area (Å²) in [6.45, 7) is 16.6. The van der Waals surface area contributed by atoms with E-state index < -0.39 is 5.82 Å². The van der Waals surface area contributed by atoms with Crippen molar-refractivity contribution >= 4 is 22.7 Å². The normalized spacial score (nSPS) is 27.7. The van der Waals surface area contributed by atoms with Gasteiger partial charge in [0.1, 0.15) is 5.82 Å². The number of fused-ring (bicyclic) bond motifs is 2. The first-order valence-corrected chi connectivity index (χ1v) is 15.3. The Labute approximate surface area is 248 Å². The summed E-state index contributed by atoms with van der Waals surface area (Å²) < 4.78 is 16.5. The molecule has 7 nitrogen and oxygen atoms in total. The van der Waals surface area contributed by atoms with E-state index >= 15 is 0 Å². The number of aromatic nitrogens is 2. The molecule has 4 heterocycles. The fourth-order valence-corrected chi connectivity index (χ4v) is 8.45. The summed E-state index contributed by atoms with van der Waals surface area (Å²) in [5.41, 5.74) is 4.38. The number of carbonyl (C=O) groups excluding carboxylic acids is 2. The van der Waals surface area contributed by atoms with Gasteiger partial charge in [-0.1, -0.05) is 6.92 Å². The van der Waals surface area contributed by atoms with Crippen LogP contribution in [0.2, 0.25) is 0 Å². The molecule has 2 unspecified atom stereocenters. The maximum atomic E-state index is 14.4. The molecule has 3 aliphatic rings. The molecule has 224 valence electrons. The lowest BCUT2D eigenvalue weighted by Gasteiger charge is -2.65. The van der Waals surface area contributed by atoms with Crippen LogP contribution in [0.1, 0.15) is 75.9 Å². The van der Waals surface area contributed by atoms with E-state index in [0.29, 0.717) is 23.2 Å². The summed E-state index contributed by atoms with van der Waals surface area (Å²) in [6.07, 6.45) is 8.97. The van der Waals surface area contributed by atoms with Gasteiger partial charge >= 0.3 is 0 Å². The minimum Gasteiger partial charge on any atom is -0.339 e. The third-order valence-electron chi connectivity index (χ3n) is 11.2. The average molecular weight is 574 g/mol. The third kappa shape index (κ3) is 4.12. The maximum absolute atomic E-state index is 14.4. The van der Waals surface area contributed by atoms with Crippen LogP contribution in [0, 0.1) is 24.1 Å². The first-order chi connectivity index (χ1) is 19.8. The Balaban J connectivity index is 1.25. The van der Waals surface area contributed by atoms with E-state index in [1.807, 2.05) is 30.8 Å². The molecule has 1 aliphatic carbocycles. The van der Waals surface area contributed by atoms with Crippen molar-refractivity contribution in [3.05, 3.63) is 59.3 Å². The lowest BCUT2D eigenvalue weighted by molar-refractivity contribution is -0.186. The van der Waals surface area contributed by atoms with Gasteiger partial charge in [0.2, 0.25) is 5.91 Å². The molecular formula is C34H44FN5O2. The summed E-state index contributed by atoms with van der Waals surface area (Å²) in [7, 11) is 1.75. The number of carbonyl (C=O) groups is 2. The second-order valence-electron chi connectivity index (χ2n) is 13.9. The van der Waals surface area contributed by atoms with E-state index in [1.165, 1.54) is 17.7 Å². The number of rotatable bonds is 6. The van der Waals surface area contributed by atoms with Crippen LogP contribution in [-0.4, -0.2) is 79.9 Å². The van der Waals surface area contributed by atoms with Crippen molar-refractivity contribution < 1.29 is 14.0 Å². The number of hydrogen-bond donors (Lipinski definition) is 0. The lowest BCUT2D eigenvalue weighted by Crippen LogP contribution is -2.75. The van der Waals surface area contributed by atoms with E-state index in [9.17, 15) is 14.0 Å². The maximum Gasteiger partial charge on any atom is 0.256 e. The zero-order valence-corrected chi connectivity index (χ0v) is 26.2. The Morgan fingerprint density at radius 1 is 1.17 bits per heavy atom. The van der Waals surface area contributed by atoms with Gasteiger partial charge in [0.25, 0.3) is 5.91 Å². The van der Waals surface area contributed by atoms with Gasteiger partial charge in [-0.2, -0.15) is 0 Å². The summed E-state index contributed by atoms with van der Waals surface area (Å²) in [4.78, 5) is 36.7. The van der Waals surface area contributed by atoms with E-state index in [-0.39, 0.29) is 34.9 Å². The summed E-state index contributed by atoms with van der Waals surface area (Å²) in [6, 6.07) is 5.25. The minimum atomic E-state index is -0.427. The predicted octanol–water partition coefficient (Wildman–Crippen LogP) is 5.61. The van der Waals surface area contributed by atoms with Crippen molar-refractivity contribution in [3.63, 3.8) is 0 Å². The molecule has 3 aromatic rings. The largest absolute Gasteiger partial charge is 0.339 e. The minimum absolute atomic E-state index is 0.00922. The van der Waals surface area contributed by atoms with Gasteiger partial charge < -0.3 is 14.4 Å². The smallest absolute Gasteiger partial charge is 0.256 e. The van der Waals surface area contributed by atoms with E-state index in [4.69, 9.17) is 0 Å². The van der Waals surface area contributed by atoms with Crippen molar-refractivity contribution in [2.24, 2.45) is 11.3 Å². The highest BCUT2D eigenvalue weighted by Gasteiger charge is 2.69. The number of pyridine rings is 1. The number of amides is 2. The van der Waals surface area contributed by atoms with Crippen LogP contribution in [0.4, 0.5) is 4.39 Å². The molecule has 4 atom stereocenters. The number of nitrogens with zero attached hydrogens (tertiary/aromatic N) is 5. The number of halogens is 1. The van der Waals surface area contributed by atoms with Crippen LogP contribution >= 0.6 is 0 Å². The Bertz CT molecular complexity index is 1580. The monoisotopic (exact) mass is 573 g/mol. The van der Waals surface area contributed by atoms with Crippen molar-refractivity contribution in [2.45, 2.75) is 91.4 Å². The van der Waals surface area contributed by atoms with Crippen molar-refractivity contribution in [1.29, 1.82) is 0 Å². The Morgan fingerprint density at radius 2 is 1.88 bits per heavy atom. The number of aryl methyl sites for hydroxylation is 1. The summed E-state index contributed by atoms with van der Waals surface area (Å²) in [5, 5.41) is 1.16. The molecule has 0 bridgehead atoms. The van der Waals surface area contributed by atoms with Gasteiger partial charge in [0.15, 0.2) is 0 Å². The molecule has 8 heteroatoms. The summed E-state index contributed by atoms with van der Waals surface area (Å²) >= 11 is 0. The van der Waals surface area contributed by atoms with Crippen molar-refractivity contribution in [3.8, 4) is 5.69 Å². The predicted molar refractivity (Wildman–Crippen MR) is 163 cm³/mol. The van der Waals surface area contributed by atoms with Gasteiger partial charge in [-0.05, 0) is 89.1 Å². The standard InChI is InChI=1S/C34H44FN5O2/c1-20(2)37(8)32(42)28-12-26(35)9-10-29(28)39-19-25(31-21(3)15-36-16-30(31)39)11-24-17-38(18-24)27-13-33(6)22(4)40(23(5)41)34(33,7)14-27/h9-10,12,15-16,19-20,22,24,27H,11,13-14,17-18H2,1-8H3/t22-,27?,33?,34-/m1/s1. The van der Waals surface area contributed by atoms with E-state index in [1.54, 1.807) is 24.9 Å². The van der Waals surface area contributed by atoms with Crippen LogP contribution < -0.4 is 0 Å². The summed E-state index contributed by atoms with van der Waals surface area (Å²) in [5.74, 6) is 0.0818. The second kappa shape index (κ2) is 9.90. The van der Waals surface area contributed by atoms with Crippen LogP contribution in [0.25, 0.3) is 16.6 Å². The quantitative estimate of drug-likeness (QED) is 0.385. The third-order valence-corrected chi connectivity index (χ3v) is 11.2. The van der Waals surface area contributed by atoms with Gasteiger partial charge in [0.05, 0.1) is 23.0 Å². The molecule has 2 aromatic heterocycles. The number of benzene rings is 1. The topological polar surface area (TPSA) is 61.7 Å². The van der Waals surface area contributed by atoms with Crippen LogP contribution in [0.5, 0.6) is 0 Å². The Kier molecular flexibility index (Phi) is 6.80.